The number of benzene rings is 2. The Morgan fingerprint density at radius 2 is 1.68 bits per heavy atom. The van der Waals surface area contributed by atoms with Crippen LogP contribution in [0.2, 0.25) is 0 Å². The maximum Gasteiger partial charge on any atom is 0.252 e. The van der Waals surface area contributed by atoms with Crippen LogP contribution in [0.15, 0.2) is 54.9 Å². The number of nitrogens with one attached hydrogen (secondary N) is 1. The molecule has 1 heterocycles. The molecule has 1 aromatic heterocycles. The summed E-state index contributed by atoms with van der Waals surface area (Å²) in [4.78, 5) is 17.5. The smallest absolute Gasteiger partial charge is 0.252 e. The van der Waals surface area contributed by atoms with Gasteiger partial charge in [-0.15, -0.1) is 0 Å². The predicted molar refractivity (Wildman–Crippen MR) is 105 cm³/mol. The number of amides is 1. The van der Waals surface area contributed by atoms with E-state index in [4.69, 9.17) is 14.2 Å². The summed E-state index contributed by atoms with van der Waals surface area (Å²) in [7, 11) is 6.58. The van der Waals surface area contributed by atoms with Crippen LogP contribution < -0.4 is 19.5 Å². The molecule has 1 amide bonds. The molecule has 0 radical (unpaired) electrons. The Morgan fingerprint density at radius 1 is 1.00 bits per heavy atom. The van der Waals surface area contributed by atoms with Crippen LogP contribution in [0.3, 0.4) is 0 Å². The number of aromatic nitrogens is 2. The summed E-state index contributed by atoms with van der Waals surface area (Å²) in [5.41, 5.74) is 1.29. The Kier molecular flexibility index (Phi) is 5.84. The minimum Gasteiger partial charge on any atom is -0.497 e. The normalized spacial score (nSPS) is 11.6. The lowest BCUT2D eigenvalue weighted by atomic mass is 10.0. The minimum atomic E-state index is -0.459. The molecule has 28 heavy (non-hydrogen) atoms. The quantitative estimate of drug-likeness (QED) is 0.681. The molecule has 146 valence electrons. The predicted octanol–water partition coefficient (Wildman–Crippen LogP) is 2.97. The molecule has 0 bridgehead atoms. The van der Waals surface area contributed by atoms with Crippen LogP contribution >= 0.6 is 0 Å². The molecule has 0 fully saturated rings. The van der Waals surface area contributed by atoms with E-state index in [1.54, 1.807) is 45.7 Å². The van der Waals surface area contributed by atoms with E-state index in [1.165, 1.54) is 0 Å². The van der Waals surface area contributed by atoms with E-state index in [0.717, 1.165) is 5.56 Å². The highest BCUT2D eigenvalue weighted by molar-refractivity contribution is 5.95. The van der Waals surface area contributed by atoms with Crippen LogP contribution in [0.25, 0.3) is 0 Å². The van der Waals surface area contributed by atoms with Gasteiger partial charge in [0.2, 0.25) is 0 Å². The van der Waals surface area contributed by atoms with Crippen molar-refractivity contribution >= 4 is 5.91 Å². The number of rotatable bonds is 7. The van der Waals surface area contributed by atoms with Crippen molar-refractivity contribution in [2.75, 3.05) is 21.3 Å². The van der Waals surface area contributed by atoms with E-state index in [2.05, 4.69) is 10.3 Å². The van der Waals surface area contributed by atoms with Gasteiger partial charge in [-0.2, -0.15) is 0 Å². The molecule has 0 spiro atoms. The lowest BCUT2D eigenvalue weighted by molar-refractivity contribution is 0.0940. The Bertz CT molecular complexity index is 946. The molecular weight excluding hydrogens is 358 g/mol. The second-order valence-corrected chi connectivity index (χ2v) is 6.18. The molecule has 0 aliphatic rings. The SMILES string of the molecule is COc1cc(OC)cc(C(=O)NC(c2cccc(OC)c2)c2nccn2C)c1. The van der Waals surface area contributed by atoms with Gasteiger partial charge >= 0.3 is 0 Å². The molecule has 1 N–H and O–H groups in total. The molecule has 7 nitrogen and oxygen atoms in total. The number of carbonyl (C=O) groups is 1. The third-order valence-electron chi connectivity index (χ3n) is 4.43. The molecule has 3 aromatic rings. The molecule has 1 atom stereocenters. The van der Waals surface area contributed by atoms with Gasteiger partial charge in [-0.3, -0.25) is 4.79 Å². The number of aryl methyl sites for hydroxylation is 1. The van der Waals surface area contributed by atoms with Crippen LogP contribution in [0.4, 0.5) is 0 Å². The third kappa shape index (κ3) is 4.09. The van der Waals surface area contributed by atoms with Crippen LogP contribution in [0, 0.1) is 0 Å². The standard InChI is InChI=1S/C21H23N3O4/c1-24-9-8-22-20(24)19(14-6-5-7-16(10-14)26-2)23-21(25)15-11-17(27-3)13-18(12-15)28-4/h5-13,19H,1-4H3,(H,23,25). The van der Waals surface area contributed by atoms with Gasteiger partial charge in [0.05, 0.1) is 21.3 Å². The maximum absolute atomic E-state index is 13.0. The van der Waals surface area contributed by atoms with Crippen molar-refractivity contribution in [2.24, 2.45) is 7.05 Å². The Hall–Kier alpha value is -3.48. The Morgan fingerprint density at radius 3 is 2.25 bits per heavy atom. The number of methoxy groups -OCH3 is 3. The summed E-state index contributed by atoms with van der Waals surface area (Å²) in [6.45, 7) is 0. The number of hydrogen-bond donors (Lipinski definition) is 1. The maximum atomic E-state index is 13.0. The van der Waals surface area contributed by atoms with Crippen molar-refractivity contribution < 1.29 is 19.0 Å². The van der Waals surface area contributed by atoms with E-state index in [-0.39, 0.29) is 5.91 Å². The molecule has 0 saturated carbocycles. The van der Waals surface area contributed by atoms with Gasteiger partial charge in [-0.05, 0) is 29.8 Å². The van der Waals surface area contributed by atoms with Gasteiger partial charge in [-0.25, -0.2) is 4.98 Å². The third-order valence-corrected chi connectivity index (χ3v) is 4.43. The summed E-state index contributed by atoms with van der Waals surface area (Å²) < 4.78 is 17.7. The first-order chi connectivity index (χ1) is 13.5. The lowest BCUT2D eigenvalue weighted by Gasteiger charge is -2.20. The fourth-order valence-electron chi connectivity index (χ4n) is 2.93. The highest BCUT2D eigenvalue weighted by Gasteiger charge is 2.22. The van der Waals surface area contributed by atoms with Crippen molar-refractivity contribution in [3.63, 3.8) is 0 Å². The summed E-state index contributed by atoms with van der Waals surface area (Å²) >= 11 is 0. The largest absolute Gasteiger partial charge is 0.497 e. The lowest BCUT2D eigenvalue weighted by Crippen LogP contribution is -2.31. The molecule has 2 aromatic carbocycles. The second kappa shape index (κ2) is 8.47. The van der Waals surface area contributed by atoms with E-state index in [0.29, 0.717) is 28.6 Å². The Balaban J connectivity index is 1.98. The number of ether oxygens (including phenoxy) is 3. The molecule has 0 aliphatic heterocycles. The van der Waals surface area contributed by atoms with Gasteiger partial charge in [0.1, 0.15) is 29.1 Å². The van der Waals surface area contributed by atoms with E-state index < -0.39 is 6.04 Å². The number of hydrogen-bond acceptors (Lipinski definition) is 5. The fourth-order valence-corrected chi connectivity index (χ4v) is 2.93. The summed E-state index contributed by atoms with van der Waals surface area (Å²) in [6.07, 6.45) is 3.53. The first-order valence-electron chi connectivity index (χ1n) is 8.70. The van der Waals surface area contributed by atoms with Crippen molar-refractivity contribution in [3.8, 4) is 17.2 Å². The average molecular weight is 381 g/mol. The van der Waals surface area contributed by atoms with Crippen molar-refractivity contribution in [1.82, 2.24) is 14.9 Å². The zero-order valence-electron chi connectivity index (χ0n) is 16.3. The Labute approximate surface area is 163 Å². The molecule has 3 rings (SSSR count). The van der Waals surface area contributed by atoms with Crippen molar-refractivity contribution in [2.45, 2.75) is 6.04 Å². The van der Waals surface area contributed by atoms with Crippen LogP contribution in [0.5, 0.6) is 17.2 Å². The first-order valence-corrected chi connectivity index (χ1v) is 8.70. The number of carbonyl (C=O) groups excluding carboxylic acids is 1. The monoisotopic (exact) mass is 381 g/mol. The van der Waals surface area contributed by atoms with Crippen LogP contribution in [-0.4, -0.2) is 36.8 Å². The van der Waals surface area contributed by atoms with Gasteiger partial charge < -0.3 is 24.1 Å². The zero-order chi connectivity index (χ0) is 20.1. The van der Waals surface area contributed by atoms with Crippen LogP contribution in [0.1, 0.15) is 27.8 Å². The van der Waals surface area contributed by atoms with Gasteiger partial charge in [0.25, 0.3) is 5.91 Å². The number of nitrogens with zero attached hydrogens (tertiary/aromatic N) is 2. The van der Waals surface area contributed by atoms with E-state index >= 15 is 0 Å². The van der Waals surface area contributed by atoms with Crippen LogP contribution in [-0.2, 0) is 7.05 Å². The summed E-state index contributed by atoms with van der Waals surface area (Å²) in [6, 6.07) is 12.1. The van der Waals surface area contributed by atoms with Gasteiger partial charge in [0, 0.05) is 31.1 Å². The van der Waals surface area contributed by atoms with Crippen molar-refractivity contribution in [1.29, 1.82) is 0 Å². The number of imidazole rings is 1. The highest BCUT2D eigenvalue weighted by atomic mass is 16.5. The van der Waals surface area contributed by atoms with Gasteiger partial charge in [-0.1, -0.05) is 12.1 Å². The van der Waals surface area contributed by atoms with Crippen molar-refractivity contribution in [3.05, 3.63) is 71.8 Å². The topological polar surface area (TPSA) is 74.6 Å². The highest BCUT2D eigenvalue weighted by Crippen LogP contribution is 2.26. The summed E-state index contributed by atoms with van der Waals surface area (Å²) in [5.74, 6) is 2.22. The average Bonchev–Trinajstić information content (AvgIpc) is 3.16. The fraction of sp³-hybridized carbons (Fsp3) is 0.238. The van der Waals surface area contributed by atoms with Gasteiger partial charge in [0.15, 0.2) is 0 Å². The molecule has 1 unspecified atom stereocenters. The molecular formula is C21H23N3O4. The molecule has 0 saturated heterocycles. The van der Waals surface area contributed by atoms with E-state index in [9.17, 15) is 4.79 Å². The molecule has 0 aliphatic carbocycles. The second-order valence-electron chi connectivity index (χ2n) is 6.18. The summed E-state index contributed by atoms with van der Waals surface area (Å²) in [5, 5.41) is 3.06. The minimum absolute atomic E-state index is 0.270. The van der Waals surface area contributed by atoms with E-state index in [1.807, 2.05) is 42.1 Å². The first kappa shape index (κ1) is 19.3. The molecule has 7 heteroatoms. The zero-order valence-corrected chi connectivity index (χ0v) is 16.3.